The summed E-state index contributed by atoms with van der Waals surface area (Å²) in [5.74, 6) is 1.51. The zero-order valence-electron chi connectivity index (χ0n) is 17.7. The number of nitrogens with one attached hydrogen (secondary N) is 1. The highest BCUT2D eigenvalue weighted by Gasteiger charge is 2.20. The number of hydrogen-bond acceptors (Lipinski definition) is 6. The number of aromatic nitrogens is 1. The highest BCUT2D eigenvalue weighted by atomic mass is 32.1. The predicted molar refractivity (Wildman–Crippen MR) is 118 cm³/mol. The molecule has 0 unspecified atom stereocenters. The number of rotatable bonds is 9. The van der Waals surface area contributed by atoms with Crippen LogP contribution in [-0.4, -0.2) is 66.6 Å². The molecule has 6 nitrogen and oxygen atoms in total. The van der Waals surface area contributed by atoms with Gasteiger partial charge in [0.25, 0.3) is 0 Å². The minimum atomic E-state index is 0.131. The largest absolute Gasteiger partial charge is 0.494 e. The second-order valence-electron chi connectivity index (χ2n) is 7.85. The first-order valence-electron chi connectivity index (χ1n) is 10.4. The average Bonchev–Trinajstić information content (AvgIpc) is 3.17. The van der Waals surface area contributed by atoms with Crippen LogP contribution in [0.4, 0.5) is 0 Å². The van der Waals surface area contributed by atoms with Crippen molar-refractivity contribution in [2.24, 2.45) is 5.92 Å². The fraction of sp³-hybridized carbons (Fsp3) is 0.545. The Hall–Kier alpha value is -1.96. The molecular formula is C22H32N4O2S. The van der Waals surface area contributed by atoms with E-state index in [1.165, 1.54) is 0 Å². The minimum absolute atomic E-state index is 0.131. The van der Waals surface area contributed by atoms with Gasteiger partial charge in [-0.25, -0.2) is 4.98 Å². The Kier molecular flexibility index (Phi) is 8.03. The summed E-state index contributed by atoms with van der Waals surface area (Å²) >= 11 is 1.69. The van der Waals surface area contributed by atoms with Crippen LogP contribution in [0.2, 0.25) is 0 Å². The monoisotopic (exact) mass is 416 g/mol. The van der Waals surface area contributed by atoms with Gasteiger partial charge in [-0.15, -0.1) is 11.3 Å². The van der Waals surface area contributed by atoms with Crippen molar-refractivity contribution in [1.82, 2.24) is 20.1 Å². The molecule has 7 heteroatoms. The smallest absolute Gasteiger partial charge is 0.234 e. The Labute approximate surface area is 177 Å². The molecule has 0 bridgehead atoms. The maximum atomic E-state index is 12.0. The van der Waals surface area contributed by atoms with Crippen LogP contribution >= 0.6 is 11.3 Å². The lowest BCUT2D eigenvalue weighted by Gasteiger charge is -2.33. The van der Waals surface area contributed by atoms with Crippen molar-refractivity contribution in [3.63, 3.8) is 0 Å². The first-order chi connectivity index (χ1) is 14.0. The molecule has 1 aliphatic heterocycles. The van der Waals surface area contributed by atoms with Crippen LogP contribution in [0.5, 0.6) is 5.75 Å². The molecule has 1 aromatic carbocycles. The van der Waals surface area contributed by atoms with Gasteiger partial charge in [0.05, 0.1) is 18.8 Å². The molecule has 1 aliphatic rings. The average molecular weight is 417 g/mol. The number of amides is 1. The SMILES string of the molecule is CCOc1ccc(-c2nc(CN3CCN(CC(=O)NCC(C)C)CC3)cs2)cc1. The third-order valence-electron chi connectivity index (χ3n) is 4.89. The highest BCUT2D eigenvalue weighted by molar-refractivity contribution is 7.13. The molecule has 1 fully saturated rings. The molecule has 1 saturated heterocycles. The van der Waals surface area contributed by atoms with Gasteiger partial charge >= 0.3 is 0 Å². The molecule has 0 atom stereocenters. The Bertz CT molecular complexity index is 767. The molecule has 1 N–H and O–H groups in total. The summed E-state index contributed by atoms with van der Waals surface area (Å²) in [4.78, 5) is 21.5. The van der Waals surface area contributed by atoms with Crippen molar-refractivity contribution in [2.45, 2.75) is 27.3 Å². The number of benzene rings is 1. The number of carbonyl (C=O) groups excluding carboxylic acids is 1. The van der Waals surface area contributed by atoms with E-state index in [4.69, 9.17) is 9.72 Å². The number of ether oxygens (including phenoxy) is 1. The van der Waals surface area contributed by atoms with Crippen LogP contribution in [0, 0.1) is 5.92 Å². The zero-order valence-corrected chi connectivity index (χ0v) is 18.5. The molecule has 2 aromatic rings. The number of thiazole rings is 1. The van der Waals surface area contributed by atoms with E-state index in [-0.39, 0.29) is 5.91 Å². The van der Waals surface area contributed by atoms with E-state index in [0.717, 1.165) is 61.3 Å². The maximum Gasteiger partial charge on any atom is 0.234 e. The van der Waals surface area contributed by atoms with Gasteiger partial charge in [0.1, 0.15) is 10.8 Å². The third-order valence-corrected chi connectivity index (χ3v) is 5.83. The number of nitrogens with zero attached hydrogens (tertiary/aromatic N) is 3. The first kappa shape index (κ1) is 21.7. The molecule has 1 amide bonds. The molecular weight excluding hydrogens is 384 g/mol. The van der Waals surface area contributed by atoms with Gasteiger partial charge in [-0.2, -0.15) is 0 Å². The van der Waals surface area contributed by atoms with Crippen molar-refractivity contribution >= 4 is 17.2 Å². The van der Waals surface area contributed by atoms with Crippen molar-refractivity contribution in [3.05, 3.63) is 35.3 Å². The Balaban J connectivity index is 1.44. The quantitative estimate of drug-likeness (QED) is 0.681. The van der Waals surface area contributed by atoms with Crippen LogP contribution in [0.1, 0.15) is 26.5 Å². The van der Waals surface area contributed by atoms with Crippen LogP contribution < -0.4 is 10.1 Å². The highest BCUT2D eigenvalue weighted by Crippen LogP contribution is 2.26. The van der Waals surface area contributed by atoms with Crippen molar-refractivity contribution < 1.29 is 9.53 Å². The lowest BCUT2D eigenvalue weighted by Crippen LogP contribution is -2.49. The van der Waals surface area contributed by atoms with Crippen LogP contribution in [0.15, 0.2) is 29.6 Å². The fourth-order valence-corrected chi connectivity index (χ4v) is 4.10. The standard InChI is InChI=1S/C22H32N4O2S/c1-4-28-20-7-5-18(6-8-20)22-24-19(16-29-22)14-25-9-11-26(12-10-25)15-21(27)23-13-17(2)3/h5-8,16-17H,4,9-15H2,1-3H3,(H,23,27). The van der Waals surface area contributed by atoms with Crippen LogP contribution in [0.3, 0.4) is 0 Å². The molecule has 0 saturated carbocycles. The molecule has 1 aromatic heterocycles. The molecule has 0 radical (unpaired) electrons. The topological polar surface area (TPSA) is 57.7 Å². The van der Waals surface area contributed by atoms with E-state index >= 15 is 0 Å². The van der Waals surface area contributed by atoms with Crippen molar-refractivity contribution in [3.8, 4) is 16.3 Å². The number of piperazine rings is 1. The third kappa shape index (κ3) is 6.80. The summed E-state index contributed by atoms with van der Waals surface area (Å²) in [5.41, 5.74) is 2.24. The molecule has 0 aliphatic carbocycles. The van der Waals surface area contributed by atoms with Gasteiger partial charge < -0.3 is 10.1 Å². The van der Waals surface area contributed by atoms with Gasteiger partial charge in [-0.05, 0) is 37.1 Å². The fourth-order valence-electron chi connectivity index (χ4n) is 3.28. The normalized spacial score (nSPS) is 15.6. The van der Waals surface area contributed by atoms with E-state index in [9.17, 15) is 4.79 Å². The second kappa shape index (κ2) is 10.7. The maximum absolute atomic E-state index is 12.0. The summed E-state index contributed by atoms with van der Waals surface area (Å²) in [5, 5.41) is 6.19. The molecule has 29 heavy (non-hydrogen) atoms. The zero-order chi connectivity index (χ0) is 20.6. The van der Waals surface area contributed by atoms with Gasteiger partial charge in [0, 0.05) is 50.2 Å². The first-order valence-corrected chi connectivity index (χ1v) is 11.3. The summed E-state index contributed by atoms with van der Waals surface area (Å²) in [7, 11) is 0. The summed E-state index contributed by atoms with van der Waals surface area (Å²) in [6, 6.07) is 8.13. The summed E-state index contributed by atoms with van der Waals surface area (Å²) in [6.45, 7) is 12.8. The number of hydrogen-bond donors (Lipinski definition) is 1. The number of carbonyl (C=O) groups is 1. The van der Waals surface area contributed by atoms with E-state index in [1.54, 1.807) is 11.3 Å². The van der Waals surface area contributed by atoms with Crippen molar-refractivity contribution in [1.29, 1.82) is 0 Å². The second-order valence-corrected chi connectivity index (χ2v) is 8.71. The van der Waals surface area contributed by atoms with Gasteiger partial charge in [-0.3, -0.25) is 14.6 Å². The van der Waals surface area contributed by atoms with Gasteiger partial charge in [-0.1, -0.05) is 13.8 Å². The predicted octanol–water partition coefficient (Wildman–Crippen LogP) is 3.10. The minimum Gasteiger partial charge on any atom is -0.494 e. The van der Waals surface area contributed by atoms with Gasteiger partial charge in [0.2, 0.25) is 5.91 Å². The molecule has 3 rings (SSSR count). The van der Waals surface area contributed by atoms with E-state index in [1.807, 2.05) is 19.1 Å². The Morgan fingerprint density at radius 2 is 1.86 bits per heavy atom. The summed E-state index contributed by atoms with van der Waals surface area (Å²) < 4.78 is 5.51. The molecule has 0 spiro atoms. The molecule has 158 valence electrons. The molecule has 2 heterocycles. The van der Waals surface area contributed by atoms with Gasteiger partial charge in [0.15, 0.2) is 0 Å². The van der Waals surface area contributed by atoms with E-state index < -0.39 is 0 Å². The summed E-state index contributed by atoms with van der Waals surface area (Å²) in [6.07, 6.45) is 0. The van der Waals surface area contributed by atoms with Crippen molar-refractivity contribution in [2.75, 3.05) is 45.9 Å². The lowest BCUT2D eigenvalue weighted by molar-refractivity contribution is -0.122. The van der Waals surface area contributed by atoms with Crippen LogP contribution in [0.25, 0.3) is 10.6 Å². The van der Waals surface area contributed by atoms with Crippen LogP contribution in [-0.2, 0) is 11.3 Å². The Morgan fingerprint density at radius 1 is 1.17 bits per heavy atom. The van der Waals surface area contributed by atoms with E-state index in [2.05, 4.69) is 46.5 Å². The lowest BCUT2D eigenvalue weighted by atomic mass is 10.2. The Morgan fingerprint density at radius 3 is 2.52 bits per heavy atom. The van der Waals surface area contributed by atoms with E-state index in [0.29, 0.717) is 19.1 Å².